The number of thiophene rings is 1. The highest BCUT2D eigenvalue weighted by Gasteiger charge is 2.17. The van der Waals surface area contributed by atoms with E-state index in [1.54, 1.807) is 29.3 Å². The average molecular weight is 476 g/mol. The van der Waals surface area contributed by atoms with E-state index in [0.717, 1.165) is 27.1 Å². The summed E-state index contributed by atoms with van der Waals surface area (Å²) in [5, 5.41) is 17.0. The fourth-order valence-corrected chi connectivity index (χ4v) is 5.22. The highest BCUT2D eigenvalue weighted by atomic mass is 32.2. The molecule has 0 aliphatic rings. The third-order valence-corrected chi connectivity index (χ3v) is 7.18. The number of rotatable bonds is 7. The van der Waals surface area contributed by atoms with Crippen molar-refractivity contribution in [2.24, 2.45) is 0 Å². The molecule has 0 fully saturated rings. The molecule has 0 bridgehead atoms. The first kappa shape index (κ1) is 20.6. The van der Waals surface area contributed by atoms with Gasteiger partial charge < -0.3 is 0 Å². The van der Waals surface area contributed by atoms with Gasteiger partial charge >= 0.3 is 0 Å². The maximum Gasteiger partial charge on any atom is 0.257 e. The van der Waals surface area contributed by atoms with Crippen molar-refractivity contribution in [3.63, 3.8) is 0 Å². The van der Waals surface area contributed by atoms with E-state index >= 15 is 0 Å². The Labute approximate surface area is 197 Å². The summed E-state index contributed by atoms with van der Waals surface area (Å²) in [4.78, 5) is 17.5. The summed E-state index contributed by atoms with van der Waals surface area (Å²) in [6.45, 7) is 0. The van der Waals surface area contributed by atoms with Crippen molar-refractivity contribution in [2.75, 3.05) is 5.32 Å². The number of amides is 1. The van der Waals surface area contributed by atoms with Crippen molar-refractivity contribution >= 4 is 45.5 Å². The van der Waals surface area contributed by atoms with Crippen molar-refractivity contribution in [1.82, 2.24) is 19.7 Å². The molecule has 0 saturated heterocycles. The van der Waals surface area contributed by atoms with Gasteiger partial charge in [0.2, 0.25) is 0 Å². The average Bonchev–Trinajstić information content (AvgIpc) is 3.60. The molecular formula is C23H17N5OS3. The second-order valence-electron chi connectivity index (χ2n) is 6.73. The van der Waals surface area contributed by atoms with E-state index in [2.05, 4.69) is 43.3 Å². The smallest absolute Gasteiger partial charge is 0.257 e. The maximum absolute atomic E-state index is 12.3. The summed E-state index contributed by atoms with van der Waals surface area (Å²) in [6.07, 6.45) is 1.67. The van der Waals surface area contributed by atoms with Gasteiger partial charge in [0, 0.05) is 28.6 Å². The second kappa shape index (κ2) is 9.47. The molecule has 2 aromatic carbocycles. The lowest BCUT2D eigenvalue weighted by Gasteiger charge is -2.09. The first-order valence-electron chi connectivity index (χ1n) is 9.75. The largest absolute Gasteiger partial charge is 0.298 e. The number of hydrogen-bond acceptors (Lipinski definition) is 7. The number of para-hydroxylation sites is 1. The summed E-state index contributed by atoms with van der Waals surface area (Å²) in [6, 6.07) is 21.8. The number of nitrogens with zero attached hydrogens (tertiary/aromatic N) is 4. The van der Waals surface area contributed by atoms with Crippen LogP contribution in [0.25, 0.3) is 16.4 Å². The lowest BCUT2D eigenvalue weighted by atomic mass is 10.1. The van der Waals surface area contributed by atoms with Gasteiger partial charge in [-0.2, -0.15) is 0 Å². The Balaban J connectivity index is 1.33. The summed E-state index contributed by atoms with van der Waals surface area (Å²) in [5.74, 6) is 1.38. The van der Waals surface area contributed by atoms with E-state index in [1.165, 1.54) is 11.3 Å². The summed E-state index contributed by atoms with van der Waals surface area (Å²) < 4.78 is 2.09. The fraction of sp³-hybridized carbons (Fsp3) is 0.0435. The van der Waals surface area contributed by atoms with E-state index in [1.807, 2.05) is 59.3 Å². The van der Waals surface area contributed by atoms with Crippen LogP contribution < -0.4 is 5.32 Å². The molecule has 0 aliphatic carbocycles. The van der Waals surface area contributed by atoms with Gasteiger partial charge in [-0.1, -0.05) is 48.2 Å². The van der Waals surface area contributed by atoms with E-state index < -0.39 is 0 Å². The number of carbonyl (C=O) groups excluding carboxylic acids is 1. The lowest BCUT2D eigenvalue weighted by molar-refractivity contribution is 0.102. The molecule has 6 nitrogen and oxygen atoms in total. The molecule has 3 heterocycles. The van der Waals surface area contributed by atoms with Crippen molar-refractivity contribution in [3.05, 3.63) is 94.8 Å². The van der Waals surface area contributed by atoms with Crippen LogP contribution >= 0.6 is 34.4 Å². The first-order chi connectivity index (χ1) is 15.8. The monoisotopic (exact) mass is 475 g/mol. The Morgan fingerprint density at radius 2 is 1.78 bits per heavy atom. The van der Waals surface area contributed by atoms with E-state index in [9.17, 15) is 4.79 Å². The van der Waals surface area contributed by atoms with Gasteiger partial charge in [-0.15, -0.1) is 32.9 Å². The van der Waals surface area contributed by atoms with E-state index in [0.29, 0.717) is 16.4 Å². The number of carbonyl (C=O) groups is 1. The minimum Gasteiger partial charge on any atom is -0.298 e. The molecule has 1 amide bonds. The van der Waals surface area contributed by atoms with Gasteiger partial charge in [0.25, 0.3) is 5.91 Å². The molecule has 3 aromatic heterocycles. The molecule has 0 saturated carbocycles. The molecule has 5 aromatic rings. The lowest BCUT2D eigenvalue weighted by Crippen LogP contribution is -2.11. The van der Waals surface area contributed by atoms with Gasteiger partial charge in [0.05, 0.1) is 4.88 Å². The number of hydrogen-bond donors (Lipinski definition) is 1. The molecule has 0 atom stereocenters. The minimum absolute atomic E-state index is 0.163. The standard InChI is InChI=1S/C23H17N5OS3/c29-21(25-22-24-12-14-31-22)17-10-8-16(9-11-17)15-32-23-27-26-20(19-7-4-13-30-19)28(23)18-5-2-1-3-6-18/h1-14H,15H2,(H,24,25,29). The van der Waals surface area contributed by atoms with E-state index in [4.69, 9.17) is 0 Å². The molecule has 0 radical (unpaired) electrons. The predicted molar refractivity (Wildman–Crippen MR) is 131 cm³/mol. The molecule has 1 N–H and O–H groups in total. The first-order valence-corrected chi connectivity index (χ1v) is 12.5. The normalized spacial score (nSPS) is 10.9. The van der Waals surface area contributed by atoms with Gasteiger partial charge in [-0.25, -0.2) is 4.98 Å². The quantitative estimate of drug-likeness (QED) is 0.292. The second-order valence-corrected chi connectivity index (χ2v) is 9.52. The molecule has 9 heteroatoms. The third kappa shape index (κ3) is 4.50. The number of thioether (sulfide) groups is 1. The third-order valence-electron chi connectivity index (χ3n) is 4.63. The van der Waals surface area contributed by atoms with Gasteiger partial charge in [0.1, 0.15) is 0 Å². The van der Waals surface area contributed by atoms with Crippen LogP contribution in [0.3, 0.4) is 0 Å². The van der Waals surface area contributed by atoms with Gasteiger partial charge in [-0.3, -0.25) is 14.7 Å². The van der Waals surface area contributed by atoms with Crippen molar-refractivity contribution in [2.45, 2.75) is 10.9 Å². The predicted octanol–water partition coefficient (Wildman–Crippen LogP) is 6.00. The van der Waals surface area contributed by atoms with E-state index in [-0.39, 0.29) is 5.91 Å². The fourth-order valence-electron chi connectivity index (χ4n) is 3.09. The molecule has 32 heavy (non-hydrogen) atoms. The molecule has 0 unspecified atom stereocenters. The minimum atomic E-state index is -0.163. The Morgan fingerprint density at radius 3 is 2.50 bits per heavy atom. The van der Waals surface area contributed by atoms with Crippen LogP contribution in [0.15, 0.2) is 88.8 Å². The Morgan fingerprint density at radius 1 is 0.938 bits per heavy atom. The maximum atomic E-state index is 12.3. The molecular weight excluding hydrogens is 458 g/mol. The highest BCUT2D eigenvalue weighted by Crippen LogP contribution is 2.31. The summed E-state index contributed by atoms with van der Waals surface area (Å²) >= 11 is 4.65. The number of anilines is 1. The molecule has 0 spiro atoms. The van der Waals surface area contributed by atoms with Crippen LogP contribution in [0.5, 0.6) is 0 Å². The molecule has 5 rings (SSSR count). The number of aromatic nitrogens is 4. The highest BCUT2D eigenvalue weighted by molar-refractivity contribution is 7.98. The van der Waals surface area contributed by atoms with Crippen LogP contribution in [-0.4, -0.2) is 25.7 Å². The zero-order valence-electron chi connectivity index (χ0n) is 16.7. The van der Waals surface area contributed by atoms with Crippen molar-refractivity contribution in [1.29, 1.82) is 0 Å². The van der Waals surface area contributed by atoms with Crippen LogP contribution in [0.2, 0.25) is 0 Å². The number of nitrogens with one attached hydrogen (secondary N) is 1. The zero-order chi connectivity index (χ0) is 21.8. The number of benzene rings is 2. The van der Waals surface area contributed by atoms with Crippen LogP contribution in [0.4, 0.5) is 5.13 Å². The Bertz CT molecular complexity index is 1300. The topological polar surface area (TPSA) is 72.7 Å². The van der Waals surface area contributed by atoms with Crippen LogP contribution in [0, 0.1) is 0 Å². The van der Waals surface area contributed by atoms with Crippen molar-refractivity contribution < 1.29 is 4.79 Å². The SMILES string of the molecule is O=C(Nc1nccs1)c1ccc(CSc2nnc(-c3cccs3)n2-c2ccccc2)cc1. The Hall–Kier alpha value is -3.27. The number of thiazole rings is 1. The Kier molecular flexibility index (Phi) is 6.11. The molecule has 0 aliphatic heterocycles. The zero-order valence-corrected chi connectivity index (χ0v) is 19.2. The van der Waals surface area contributed by atoms with Crippen molar-refractivity contribution in [3.8, 4) is 16.4 Å². The van der Waals surface area contributed by atoms with Crippen LogP contribution in [0.1, 0.15) is 15.9 Å². The van der Waals surface area contributed by atoms with Gasteiger partial charge in [0.15, 0.2) is 16.1 Å². The summed E-state index contributed by atoms with van der Waals surface area (Å²) in [5.41, 5.74) is 2.72. The summed E-state index contributed by atoms with van der Waals surface area (Å²) in [7, 11) is 0. The van der Waals surface area contributed by atoms with Gasteiger partial charge in [-0.05, 0) is 41.3 Å². The molecule has 158 valence electrons. The van der Waals surface area contributed by atoms with Crippen LogP contribution in [-0.2, 0) is 5.75 Å².